The molecule has 0 fully saturated rings. The lowest BCUT2D eigenvalue weighted by molar-refractivity contribution is 0.0528. The molecule has 2 aromatic heterocycles. The predicted molar refractivity (Wildman–Crippen MR) is 138 cm³/mol. The van der Waals surface area contributed by atoms with E-state index in [0.717, 1.165) is 16.1 Å². The number of nitrogens with one attached hydrogen (secondary N) is 3. The second kappa shape index (κ2) is 10.8. The molecule has 1 amide bonds. The highest BCUT2D eigenvalue weighted by molar-refractivity contribution is 7.80. The summed E-state index contributed by atoms with van der Waals surface area (Å²) in [6, 6.07) is 22.5. The Kier molecular flexibility index (Phi) is 7.36. The number of carbonyl (C=O) groups excluding carboxylic acids is 2. The van der Waals surface area contributed by atoms with Gasteiger partial charge in [-0.1, -0.05) is 30.3 Å². The summed E-state index contributed by atoms with van der Waals surface area (Å²) < 4.78 is 7.13. The number of anilines is 1. The molecule has 0 unspecified atom stereocenters. The molecule has 4 aromatic rings. The SMILES string of the molecule is CCOC(=O)c1cc(-c2ccccc2)sc1NC(=S)NNC(=O)c1ccc(-n2cccc2)cc1. The van der Waals surface area contributed by atoms with Crippen molar-refractivity contribution in [2.75, 3.05) is 11.9 Å². The van der Waals surface area contributed by atoms with Crippen LogP contribution in [0, 0.1) is 0 Å². The van der Waals surface area contributed by atoms with Gasteiger partial charge in [-0.15, -0.1) is 11.3 Å². The summed E-state index contributed by atoms with van der Waals surface area (Å²) in [6.45, 7) is 2.01. The molecule has 0 aliphatic heterocycles. The molecule has 3 N–H and O–H groups in total. The van der Waals surface area contributed by atoms with E-state index in [1.54, 1.807) is 25.1 Å². The number of aromatic nitrogens is 1. The number of amides is 1. The van der Waals surface area contributed by atoms with Crippen LogP contribution in [0.15, 0.2) is 85.2 Å². The highest BCUT2D eigenvalue weighted by atomic mass is 32.1. The lowest BCUT2D eigenvalue weighted by atomic mass is 10.1. The fourth-order valence-corrected chi connectivity index (χ4v) is 4.47. The molecule has 0 saturated heterocycles. The minimum atomic E-state index is -0.446. The molecule has 0 bridgehead atoms. The molecule has 34 heavy (non-hydrogen) atoms. The van der Waals surface area contributed by atoms with Gasteiger partial charge >= 0.3 is 5.97 Å². The normalized spacial score (nSPS) is 10.4. The Labute approximate surface area is 206 Å². The molecule has 0 saturated carbocycles. The van der Waals surface area contributed by atoms with E-state index in [-0.39, 0.29) is 17.6 Å². The number of esters is 1. The quantitative estimate of drug-likeness (QED) is 0.200. The van der Waals surface area contributed by atoms with Gasteiger partial charge in [-0.25, -0.2) is 4.79 Å². The van der Waals surface area contributed by atoms with E-state index in [1.165, 1.54) is 11.3 Å². The topological polar surface area (TPSA) is 84.4 Å². The number of nitrogens with zero attached hydrogens (tertiary/aromatic N) is 1. The Balaban J connectivity index is 1.41. The first-order chi connectivity index (χ1) is 16.5. The van der Waals surface area contributed by atoms with Crippen LogP contribution in [0.2, 0.25) is 0 Å². The summed E-state index contributed by atoms with van der Waals surface area (Å²) in [7, 11) is 0. The van der Waals surface area contributed by atoms with Crippen molar-refractivity contribution >= 4 is 45.5 Å². The first-order valence-electron chi connectivity index (χ1n) is 10.5. The van der Waals surface area contributed by atoms with Crippen LogP contribution < -0.4 is 16.2 Å². The van der Waals surface area contributed by atoms with Gasteiger partial charge in [0.2, 0.25) is 0 Å². The van der Waals surface area contributed by atoms with Gasteiger partial charge in [0.1, 0.15) is 5.00 Å². The maximum Gasteiger partial charge on any atom is 0.341 e. The third-order valence-corrected chi connectivity index (χ3v) is 6.14. The minimum Gasteiger partial charge on any atom is -0.462 e. The minimum absolute atomic E-state index is 0.143. The summed E-state index contributed by atoms with van der Waals surface area (Å²) in [4.78, 5) is 25.9. The molecule has 4 rings (SSSR count). The van der Waals surface area contributed by atoms with E-state index >= 15 is 0 Å². The second-order valence-electron chi connectivity index (χ2n) is 7.11. The smallest absolute Gasteiger partial charge is 0.341 e. The van der Waals surface area contributed by atoms with Crippen LogP contribution in [-0.2, 0) is 4.74 Å². The van der Waals surface area contributed by atoms with Gasteiger partial charge in [-0.05, 0) is 67.2 Å². The van der Waals surface area contributed by atoms with Crippen molar-refractivity contribution in [2.24, 2.45) is 0 Å². The zero-order valence-corrected chi connectivity index (χ0v) is 19.9. The molecule has 2 aromatic carbocycles. The third-order valence-electron chi connectivity index (χ3n) is 4.83. The van der Waals surface area contributed by atoms with Gasteiger partial charge in [-0.2, -0.15) is 0 Å². The first kappa shape index (κ1) is 23.2. The van der Waals surface area contributed by atoms with Gasteiger partial charge in [-0.3, -0.25) is 15.6 Å². The van der Waals surface area contributed by atoms with Crippen LogP contribution in [0.25, 0.3) is 16.1 Å². The molecule has 0 spiro atoms. The Morgan fingerprint density at radius 2 is 1.68 bits per heavy atom. The number of hydrogen-bond donors (Lipinski definition) is 3. The highest BCUT2D eigenvalue weighted by Crippen LogP contribution is 2.35. The van der Waals surface area contributed by atoms with Crippen LogP contribution in [0.3, 0.4) is 0 Å². The fraction of sp³-hybridized carbons (Fsp3) is 0.0800. The first-order valence-corrected chi connectivity index (χ1v) is 11.7. The second-order valence-corrected chi connectivity index (χ2v) is 8.57. The van der Waals surface area contributed by atoms with Gasteiger partial charge in [0, 0.05) is 28.5 Å². The standard InChI is InChI=1S/C25H22N4O3S2/c1-2-32-24(31)20-16-21(17-8-4-3-5-9-17)34-23(20)26-25(33)28-27-22(30)18-10-12-19(13-11-18)29-14-6-7-15-29/h3-16H,2H2,1H3,(H,27,30)(H2,26,28,33). The average molecular weight is 491 g/mol. The fourth-order valence-electron chi connectivity index (χ4n) is 3.20. The zero-order valence-electron chi connectivity index (χ0n) is 18.3. The molecule has 0 aliphatic rings. The van der Waals surface area contributed by atoms with Crippen molar-refractivity contribution in [3.8, 4) is 16.1 Å². The number of hydrogen-bond acceptors (Lipinski definition) is 5. The van der Waals surface area contributed by atoms with Crippen molar-refractivity contribution in [3.05, 3.63) is 96.3 Å². The van der Waals surface area contributed by atoms with E-state index in [9.17, 15) is 9.59 Å². The summed E-state index contributed by atoms with van der Waals surface area (Å²) in [5, 5.41) is 3.67. The molecule has 0 aliphatic carbocycles. The number of benzene rings is 2. The number of thiophene rings is 1. The monoisotopic (exact) mass is 490 g/mol. The number of ether oxygens (including phenoxy) is 1. The Morgan fingerprint density at radius 1 is 0.971 bits per heavy atom. The number of carbonyl (C=O) groups is 2. The lowest BCUT2D eigenvalue weighted by Crippen LogP contribution is -2.43. The number of rotatable bonds is 6. The van der Waals surface area contributed by atoms with Gasteiger partial charge < -0.3 is 14.6 Å². The molecule has 7 nitrogen and oxygen atoms in total. The lowest BCUT2D eigenvalue weighted by Gasteiger charge is -2.12. The average Bonchev–Trinajstić information content (AvgIpc) is 3.54. The molecule has 172 valence electrons. The van der Waals surface area contributed by atoms with Crippen molar-refractivity contribution in [2.45, 2.75) is 6.92 Å². The molecule has 0 atom stereocenters. The van der Waals surface area contributed by atoms with E-state index in [2.05, 4.69) is 16.2 Å². The molecule has 9 heteroatoms. The Morgan fingerprint density at radius 3 is 2.35 bits per heavy atom. The van der Waals surface area contributed by atoms with Crippen molar-refractivity contribution in [1.82, 2.24) is 15.4 Å². The highest BCUT2D eigenvalue weighted by Gasteiger charge is 2.19. The van der Waals surface area contributed by atoms with Gasteiger partial charge in [0.25, 0.3) is 5.91 Å². The van der Waals surface area contributed by atoms with E-state index in [1.807, 2.05) is 71.6 Å². The molecule has 2 heterocycles. The number of hydrazine groups is 1. The van der Waals surface area contributed by atoms with Crippen molar-refractivity contribution in [3.63, 3.8) is 0 Å². The van der Waals surface area contributed by atoms with Crippen LogP contribution in [0.4, 0.5) is 5.00 Å². The van der Waals surface area contributed by atoms with E-state index < -0.39 is 5.97 Å². The summed E-state index contributed by atoms with van der Waals surface area (Å²) in [6.07, 6.45) is 3.86. The Hall–Kier alpha value is -3.95. The van der Waals surface area contributed by atoms with Crippen LogP contribution in [0.5, 0.6) is 0 Å². The number of thiocarbonyl (C=S) groups is 1. The zero-order chi connectivity index (χ0) is 23.9. The maximum atomic E-state index is 12.5. The van der Waals surface area contributed by atoms with Gasteiger partial charge in [0.05, 0.1) is 12.2 Å². The molecular weight excluding hydrogens is 468 g/mol. The van der Waals surface area contributed by atoms with Gasteiger partial charge in [0.15, 0.2) is 5.11 Å². The van der Waals surface area contributed by atoms with E-state index in [4.69, 9.17) is 17.0 Å². The molecule has 0 radical (unpaired) electrons. The van der Waals surface area contributed by atoms with Crippen LogP contribution in [0.1, 0.15) is 27.6 Å². The predicted octanol–water partition coefficient (Wildman–Crippen LogP) is 5.01. The van der Waals surface area contributed by atoms with Crippen molar-refractivity contribution in [1.29, 1.82) is 0 Å². The van der Waals surface area contributed by atoms with Crippen molar-refractivity contribution < 1.29 is 14.3 Å². The third kappa shape index (κ3) is 5.51. The summed E-state index contributed by atoms with van der Waals surface area (Å²) >= 11 is 6.70. The summed E-state index contributed by atoms with van der Waals surface area (Å²) in [5.41, 5.74) is 8.04. The van der Waals surface area contributed by atoms with Crippen LogP contribution in [-0.4, -0.2) is 28.2 Å². The maximum absolute atomic E-state index is 12.5. The van der Waals surface area contributed by atoms with E-state index in [0.29, 0.717) is 16.1 Å². The largest absolute Gasteiger partial charge is 0.462 e. The van der Waals surface area contributed by atoms with Crippen LogP contribution >= 0.6 is 23.6 Å². The molecular formula is C25H22N4O3S2. The summed E-state index contributed by atoms with van der Waals surface area (Å²) in [5.74, 6) is -0.789. The Bertz CT molecular complexity index is 1280.